The summed E-state index contributed by atoms with van der Waals surface area (Å²) in [7, 11) is 0. The highest BCUT2D eigenvalue weighted by atomic mass is 32.1. The summed E-state index contributed by atoms with van der Waals surface area (Å²) in [6.45, 7) is 5.12. The first-order chi connectivity index (χ1) is 8.40. The molecule has 1 atom stereocenters. The normalized spacial score (nSPS) is 20.6. The van der Waals surface area contributed by atoms with Crippen LogP contribution < -0.4 is 5.32 Å². The first-order valence-corrected chi connectivity index (χ1v) is 7.36. The summed E-state index contributed by atoms with van der Waals surface area (Å²) in [5.74, 6) is 0. The van der Waals surface area contributed by atoms with E-state index in [1.807, 2.05) is 0 Å². The molecule has 4 nitrogen and oxygen atoms in total. The Balaban J connectivity index is 1.78. The third kappa shape index (κ3) is 4.01. The number of nitrogens with zero attached hydrogens (tertiary/aromatic N) is 2. The molecule has 0 amide bonds. The maximum atomic E-state index is 5.71. The van der Waals surface area contributed by atoms with Crippen molar-refractivity contribution in [3.63, 3.8) is 0 Å². The minimum absolute atomic E-state index is 0.207. The monoisotopic (exact) mass is 255 g/mol. The summed E-state index contributed by atoms with van der Waals surface area (Å²) in [6.07, 6.45) is 5.89. The lowest BCUT2D eigenvalue weighted by atomic mass is 10.1. The first kappa shape index (κ1) is 12.9. The molecule has 2 heterocycles. The Morgan fingerprint density at radius 1 is 1.35 bits per heavy atom. The molecule has 1 saturated heterocycles. The predicted molar refractivity (Wildman–Crippen MR) is 69.3 cm³/mol. The van der Waals surface area contributed by atoms with Gasteiger partial charge in [0, 0.05) is 19.6 Å². The van der Waals surface area contributed by atoms with Crippen LogP contribution in [0.5, 0.6) is 0 Å². The van der Waals surface area contributed by atoms with Crippen molar-refractivity contribution in [1.29, 1.82) is 0 Å². The average Bonchev–Trinajstić information content (AvgIpc) is 2.85. The zero-order chi connectivity index (χ0) is 11.9. The molecule has 0 radical (unpaired) electrons. The van der Waals surface area contributed by atoms with Crippen LogP contribution in [0.2, 0.25) is 0 Å². The zero-order valence-electron chi connectivity index (χ0n) is 10.4. The molecule has 1 aliphatic rings. The third-order valence-corrected chi connectivity index (χ3v) is 3.96. The fourth-order valence-corrected chi connectivity index (χ4v) is 2.86. The van der Waals surface area contributed by atoms with Gasteiger partial charge in [-0.1, -0.05) is 18.3 Å². The summed E-state index contributed by atoms with van der Waals surface area (Å²) in [5.41, 5.74) is 0. The summed E-state index contributed by atoms with van der Waals surface area (Å²) >= 11 is 1.71. The molecule has 17 heavy (non-hydrogen) atoms. The second-order valence-corrected chi connectivity index (χ2v) is 5.48. The third-order valence-electron chi connectivity index (χ3n) is 2.88. The fraction of sp³-hybridized carbons (Fsp3) is 0.833. The van der Waals surface area contributed by atoms with Gasteiger partial charge in [0.25, 0.3) is 0 Å². The second kappa shape index (κ2) is 7.03. The minimum Gasteiger partial charge on any atom is -0.371 e. The van der Waals surface area contributed by atoms with Gasteiger partial charge in [0.2, 0.25) is 0 Å². The molecule has 5 heteroatoms. The topological polar surface area (TPSA) is 47.0 Å². The van der Waals surface area contributed by atoms with E-state index in [9.17, 15) is 0 Å². The maximum absolute atomic E-state index is 5.71. The predicted octanol–water partition coefficient (Wildman–Crippen LogP) is 2.32. The molecule has 0 aliphatic carbocycles. The van der Waals surface area contributed by atoms with Crippen molar-refractivity contribution >= 4 is 11.3 Å². The quantitative estimate of drug-likeness (QED) is 0.793. The highest BCUT2D eigenvalue weighted by molar-refractivity contribution is 7.11. The van der Waals surface area contributed by atoms with E-state index in [0.717, 1.165) is 42.6 Å². The molecule has 96 valence electrons. The van der Waals surface area contributed by atoms with Crippen molar-refractivity contribution in [2.75, 3.05) is 19.7 Å². The number of ether oxygens (including phenoxy) is 1. The van der Waals surface area contributed by atoms with Gasteiger partial charge in [0.15, 0.2) is 0 Å². The van der Waals surface area contributed by atoms with Gasteiger partial charge in [-0.25, -0.2) is 0 Å². The van der Waals surface area contributed by atoms with Crippen LogP contribution in [-0.4, -0.2) is 29.9 Å². The van der Waals surface area contributed by atoms with Gasteiger partial charge in [-0.2, -0.15) is 0 Å². The summed E-state index contributed by atoms with van der Waals surface area (Å²) in [6, 6.07) is 0. The molecular weight excluding hydrogens is 234 g/mol. The Bertz CT molecular complexity index is 323. The Labute approximate surface area is 107 Å². The minimum atomic E-state index is 0.207. The molecular formula is C12H21N3OS. The molecule has 1 N–H and O–H groups in total. The lowest BCUT2D eigenvalue weighted by Gasteiger charge is -2.19. The van der Waals surface area contributed by atoms with Crippen LogP contribution in [-0.2, 0) is 11.2 Å². The van der Waals surface area contributed by atoms with Gasteiger partial charge in [0.05, 0.1) is 0 Å². The van der Waals surface area contributed by atoms with Gasteiger partial charge in [-0.3, -0.25) is 0 Å². The van der Waals surface area contributed by atoms with Gasteiger partial charge < -0.3 is 10.1 Å². The SMILES string of the molecule is CCCNCCc1nnc(C2CCCCO2)s1. The van der Waals surface area contributed by atoms with Crippen LogP contribution in [0.15, 0.2) is 0 Å². The van der Waals surface area contributed by atoms with Crippen molar-refractivity contribution < 1.29 is 4.74 Å². The van der Waals surface area contributed by atoms with Gasteiger partial charge in [0.1, 0.15) is 16.1 Å². The smallest absolute Gasteiger partial charge is 0.146 e. The van der Waals surface area contributed by atoms with E-state index in [4.69, 9.17) is 4.74 Å². The van der Waals surface area contributed by atoms with E-state index < -0.39 is 0 Å². The Hall–Kier alpha value is -0.520. The van der Waals surface area contributed by atoms with Crippen molar-refractivity contribution in [1.82, 2.24) is 15.5 Å². The number of hydrogen-bond acceptors (Lipinski definition) is 5. The highest BCUT2D eigenvalue weighted by Crippen LogP contribution is 2.29. The molecule has 1 unspecified atom stereocenters. The van der Waals surface area contributed by atoms with Crippen molar-refractivity contribution in [2.45, 2.75) is 45.1 Å². The zero-order valence-corrected chi connectivity index (χ0v) is 11.3. The van der Waals surface area contributed by atoms with E-state index >= 15 is 0 Å². The largest absolute Gasteiger partial charge is 0.371 e. The van der Waals surface area contributed by atoms with Gasteiger partial charge in [-0.15, -0.1) is 10.2 Å². The highest BCUT2D eigenvalue weighted by Gasteiger charge is 2.20. The molecule has 1 aliphatic heterocycles. The van der Waals surface area contributed by atoms with Crippen LogP contribution in [0.25, 0.3) is 0 Å². The average molecular weight is 255 g/mol. The second-order valence-electron chi connectivity index (χ2n) is 4.39. The maximum Gasteiger partial charge on any atom is 0.146 e. The lowest BCUT2D eigenvalue weighted by Crippen LogP contribution is -2.17. The summed E-state index contributed by atoms with van der Waals surface area (Å²) in [5, 5.41) is 14.1. The summed E-state index contributed by atoms with van der Waals surface area (Å²) in [4.78, 5) is 0. The van der Waals surface area contributed by atoms with Crippen molar-refractivity contribution in [3.8, 4) is 0 Å². The number of nitrogens with one attached hydrogen (secondary N) is 1. The van der Waals surface area contributed by atoms with Crippen LogP contribution >= 0.6 is 11.3 Å². The molecule has 0 spiro atoms. The van der Waals surface area contributed by atoms with Gasteiger partial charge >= 0.3 is 0 Å². The van der Waals surface area contributed by atoms with Crippen molar-refractivity contribution in [3.05, 3.63) is 10.0 Å². The molecule has 1 aromatic rings. The Morgan fingerprint density at radius 2 is 2.29 bits per heavy atom. The number of aromatic nitrogens is 2. The van der Waals surface area contributed by atoms with Gasteiger partial charge in [-0.05, 0) is 32.2 Å². The molecule has 1 fully saturated rings. The molecule has 2 rings (SSSR count). The standard InChI is InChI=1S/C12H21N3OS/c1-2-7-13-8-6-11-14-15-12(17-11)10-5-3-4-9-16-10/h10,13H,2-9H2,1H3. The van der Waals surface area contributed by atoms with Crippen LogP contribution in [0.3, 0.4) is 0 Å². The summed E-state index contributed by atoms with van der Waals surface area (Å²) < 4.78 is 5.71. The number of rotatable bonds is 6. The van der Waals surface area contributed by atoms with E-state index in [1.165, 1.54) is 19.3 Å². The van der Waals surface area contributed by atoms with Crippen molar-refractivity contribution in [2.24, 2.45) is 0 Å². The molecule has 0 aromatic carbocycles. The fourth-order valence-electron chi connectivity index (χ4n) is 1.93. The van der Waals surface area contributed by atoms with E-state index in [0.29, 0.717) is 0 Å². The Morgan fingerprint density at radius 3 is 3.06 bits per heavy atom. The molecule has 1 aromatic heterocycles. The number of hydrogen-bond donors (Lipinski definition) is 1. The van der Waals surface area contributed by atoms with E-state index in [1.54, 1.807) is 11.3 Å². The van der Waals surface area contributed by atoms with Crippen LogP contribution in [0, 0.1) is 0 Å². The van der Waals surface area contributed by atoms with E-state index in [2.05, 4.69) is 22.4 Å². The van der Waals surface area contributed by atoms with E-state index in [-0.39, 0.29) is 6.10 Å². The first-order valence-electron chi connectivity index (χ1n) is 6.54. The van der Waals surface area contributed by atoms with Crippen LogP contribution in [0.4, 0.5) is 0 Å². The lowest BCUT2D eigenvalue weighted by molar-refractivity contribution is 0.0144. The molecule has 0 bridgehead atoms. The Kier molecular flexibility index (Phi) is 5.35. The van der Waals surface area contributed by atoms with Crippen LogP contribution in [0.1, 0.15) is 48.7 Å². The molecule has 0 saturated carbocycles.